The van der Waals surface area contributed by atoms with Gasteiger partial charge in [-0.3, -0.25) is 0 Å². The third-order valence-corrected chi connectivity index (χ3v) is 9.76. The summed E-state index contributed by atoms with van der Waals surface area (Å²) in [7, 11) is 0. The summed E-state index contributed by atoms with van der Waals surface area (Å²) in [6.45, 7) is 0. The molecule has 2 aromatic heterocycles. The van der Waals surface area contributed by atoms with Crippen molar-refractivity contribution in [2.24, 2.45) is 0 Å². The molecule has 0 radical (unpaired) electrons. The Hall–Kier alpha value is -6.58. The van der Waals surface area contributed by atoms with Crippen molar-refractivity contribution < 1.29 is 4.42 Å². The molecular formula is C46H30N2O. The number of hydrogen-bond donors (Lipinski definition) is 0. The summed E-state index contributed by atoms with van der Waals surface area (Å²) < 4.78 is 9.07. The number of para-hydroxylation sites is 3. The maximum atomic E-state index is 6.66. The highest BCUT2D eigenvalue weighted by Crippen LogP contribution is 2.44. The monoisotopic (exact) mass is 626 g/mol. The molecule has 10 aromatic rings. The fourth-order valence-electron chi connectivity index (χ4n) is 7.52. The second-order valence-electron chi connectivity index (χ2n) is 12.6. The summed E-state index contributed by atoms with van der Waals surface area (Å²) in [5, 5.41) is 6.93. The highest BCUT2D eigenvalue weighted by molar-refractivity contribution is 6.27. The molecule has 0 N–H and O–H groups in total. The maximum Gasteiger partial charge on any atom is 0.145 e. The quantitative estimate of drug-likeness (QED) is 0.190. The number of rotatable bonds is 5. The fraction of sp³-hybridized carbons (Fsp3) is 0. The molecule has 0 spiro atoms. The van der Waals surface area contributed by atoms with Crippen molar-refractivity contribution in [2.45, 2.75) is 0 Å². The standard InChI is InChI=1S/C46H30N2O/c1-4-12-31(13-5-1)32-20-24-36(25-21-32)47(34-14-6-2-7-15-34)37-26-29-42-41(30-37)39-27-22-33-23-28-40-38-18-10-11-19-43(38)49-46(40)44(33)45(39)48(42)35-16-8-3-9-17-35/h1-30H. The molecule has 0 bridgehead atoms. The second kappa shape index (κ2) is 11.0. The zero-order valence-corrected chi connectivity index (χ0v) is 26.6. The molecule has 49 heavy (non-hydrogen) atoms. The molecule has 0 aliphatic carbocycles. The minimum Gasteiger partial charge on any atom is -0.455 e. The third-order valence-electron chi connectivity index (χ3n) is 9.76. The minimum absolute atomic E-state index is 0.906. The lowest BCUT2D eigenvalue weighted by Crippen LogP contribution is -2.09. The summed E-state index contributed by atoms with van der Waals surface area (Å²) in [4.78, 5) is 2.35. The first kappa shape index (κ1) is 27.5. The number of anilines is 3. The molecule has 10 rings (SSSR count). The summed E-state index contributed by atoms with van der Waals surface area (Å²) in [5.74, 6) is 0. The van der Waals surface area contributed by atoms with Crippen LogP contribution in [0, 0.1) is 0 Å². The smallest absolute Gasteiger partial charge is 0.145 e. The van der Waals surface area contributed by atoms with Crippen LogP contribution >= 0.6 is 0 Å². The van der Waals surface area contributed by atoms with E-state index < -0.39 is 0 Å². The predicted octanol–water partition coefficient (Wildman–Crippen LogP) is 13.0. The van der Waals surface area contributed by atoms with Crippen LogP contribution in [0.25, 0.3) is 71.3 Å². The van der Waals surface area contributed by atoms with Gasteiger partial charge in [0.05, 0.1) is 11.0 Å². The lowest BCUT2D eigenvalue weighted by Gasteiger charge is -2.26. The Labute approximate surface area is 283 Å². The minimum atomic E-state index is 0.906. The molecule has 0 saturated carbocycles. The van der Waals surface area contributed by atoms with Crippen LogP contribution in [0.1, 0.15) is 0 Å². The maximum absolute atomic E-state index is 6.66. The molecule has 0 atom stereocenters. The normalized spacial score (nSPS) is 11.7. The molecule has 0 aliphatic heterocycles. The van der Waals surface area contributed by atoms with Gasteiger partial charge in [-0.25, -0.2) is 0 Å². The van der Waals surface area contributed by atoms with Gasteiger partial charge in [0.1, 0.15) is 11.2 Å². The second-order valence-corrected chi connectivity index (χ2v) is 12.6. The first-order valence-corrected chi connectivity index (χ1v) is 16.7. The van der Waals surface area contributed by atoms with Crippen molar-refractivity contribution in [3.63, 3.8) is 0 Å². The molecule has 230 valence electrons. The van der Waals surface area contributed by atoms with Gasteiger partial charge in [0.15, 0.2) is 0 Å². The predicted molar refractivity (Wildman–Crippen MR) is 206 cm³/mol. The van der Waals surface area contributed by atoms with E-state index in [4.69, 9.17) is 4.42 Å². The van der Waals surface area contributed by atoms with Gasteiger partial charge >= 0.3 is 0 Å². The summed E-state index contributed by atoms with van der Waals surface area (Å²) in [6.07, 6.45) is 0. The van der Waals surface area contributed by atoms with E-state index in [9.17, 15) is 0 Å². The summed E-state index contributed by atoms with van der Waals surface area (Å²) in [6, 6.07) is 64.9. The van der Waals surface area contributed by atoms with E-state index in [-0.39, 0.29) is 0 Å². The zero-order valence-electron chi connectivity index (χ0n) is 26.6. The van der Waals surface area contributed by atoms with Gasteiger partial charge in [0.2, 0.25) is 0 Å². The fourth-order valence-corrected chi connectivity index (χ4v) is 7.52. The van der Waals surface area contributed by atoms with Gasteiger partial charge in [-0.05, 0) is 83.2 Å². The van der Waals surface area contributed by atoms with Gasteiger partial charge in [0.25, 0.3) is 0 Å². The first-order valence-electron chi connectivity index (χ1n) is 16.7. The highest BCUT2D eigenvalue weighted by atomic mass is 16.3. The van der Waals surface area contributed by atoms with E-state index in [0.717, 1.165) is 66.5 Å². The summed E-state index contributed by atoms with van der Waals surface area (Å²) >= 11 is 0. The lowest BCUT2D eigenvalue weighted by molar-refractivity contribution is 0.673. The molecular weight excluding hydrogens is 597 g/mol. The average Bonchev–Trinajstić information content (AvgIpc) is 3.72. The van der Waals surface area contributed by atoms with E-state index >= 15 is 0 Å². The van der Waals surface area contributed by atoms with Gasteiger partial charge in [-0.1, -0.05) is 115 Å². The molecule has 0 amide bonds. The van der Waals surface area contributed by atoms with Crippen LogP contribution in [0.3, 0.4) is 0 Å². The molecule has 0 aliphatic rings. The Bertz CT molecular complexity index is 2800. The molecule has 8 aromatic carbocycles. The number of furan rings is 1. The third kappa shape index (κ3) is 4.37. The molecule has 0 unspecified atom stereocenters. The van der Waals surface area contributed by atoms with E-state index in [0.29, 0.717) is 0 Å². The number of hydrogen-bond acceptors (Lipinski definition) is 2. The molecule has 3 heteroatoms. The number of fused-ring (bicyclic) bond motifs is 9. The van der Waals surface area contributed by atoms with Gasteiger partial charge in [-0.15, -0.1) is 0 Å². The number of benzene rings is 8. The van der Waals surface area contributed by atoms with Crippen molar-refractivity contribution in [1.29, 1.82) is 0 Å². The molecule has 0 fully saturated rings. The molecule has 3 nitrogen and oxygen atoms in total. The van der Waals surface area contributed by atoms with Crippen molar-refractivity contribution in [1.82, 2.24) is 4.57 Å². The van der Waals surface area contributed by atoms with Crippen molar-refractivity contribution in [2.75, 3.05) is 4.90 Å². The Morgan fingerprint density at radius 3 is 1.82 bits per heavy atom. The van der Waals surface area contributed by atoms with Gasteiger partial charge in [-0.2, -0.15) is 0 Å². The average molecular weight is 627 g/mol. The van der Waals surface area contributed by atoms with Crippen LogP contribution in [-0.4, -0.2) is 4.57 Å². The SMILES string of the molecule is c1ccc(-c2ccc(N(c3ccccc3)c3ccc4c(c3)c3ccc5ccc6c7ccccc7oc6c5c3n4-c3ccccc3)cc2)cc1. The number of nitrogens with zero attached hydrogens (tertiary/aromatic N) is 2. The van der Waals surface area contributed by atoms with Gasteiger partial charge in [0, 0.05) is 49.7 Å². The molecule has 0 saturated heterocycles. The van der Waals surface area contributed by atoms with Crippen molar-refractivity contribution in [3.8, 4) is 16.8 Å². The summed E-state index contributed by atoms with van der Waals surface area (Å²) in [5.41, 5.74) is 11.0. The molecule has 2 heterocycles. The van der Waals surface area contributed by atoms with Crippen LogP contribution in [0.4, 0.5) is 17.1 Å². The van der Waals surface area contributed by atoms with E-state index in [2.05, 4.69) is 185 Å². The Kier molecular flexibility index (Phi) is 6.18. The van der Waals surface area contributed by atoms with Gasteiger partial charge < -0.3 is 13.9 Å². The number of aromatic nitrogens is 1. The topological polar surface area (TPSA) is 21.3 Å². The van der Waals surface area contributed by atoms with Crippen LogP contribution in [0.5, 0.6) is 0 Å². The van der Waals surface area contributed by atoms with E-state index in [1.54, 1.807) is 0 Å². The van der Waals surface area contributed by atoms with Crippen molar-refractivity contribution >= 4 is 71.6 Å². The largest absolute Gasteiger partial charge is 0.455 e. The highest BCUT2D eigenvalue weighted by Gasteiger charge is 2.21. The van der Waals surface area contributed by atoms with E-state index in [1.807, 2.05) is 6.07 Å². The van der Waals surface area contributed by atoms with Crippen LogP contribution in [-0.2, 0) is 0 Å². The zero-order chi connectivity index (χ0) is 32.3. The van der Waals surface area contributed by atoms with Crippen molar-refractivity contribution in [3.05, 3.63) is 182 Å². The Morgan fingerprint density at radius 2 is 1.04 bits per heavy atom. The van der Waals surface area contributed by atoms with Crippen LogP contribution < -0.4 is 4.90 Å². The van der Waals surface area contributed by atoms with Crippen LogP contribution in [0.15, 0.2) is 186 Å². The Balaban J connectivity index is 1.25. The van der Waals surface area contributed by atoms with E-state index in [1.165, 1.54) is 21.9 Å². The lowest BCUT2D eigenvalue weighted by atomic mass is 10.0. The Morgan fingerprint density at radius 1 is 0.429 bits per heavy atom. The van der Waals surface area contributed by atoms with Crippen LogP contribution in [0.2, 0.25) is 0 Å². The first-order chi connectivity index (χ1) is 24.3.